The van der Waals surface area contributed by atoms with E-state index < -0.39 is 0 Å². The number of benzene rings is 1. The lowest BCUT2D eigenvalue weighted by Gasteiger charge is -2.04. The smallest absolute Gasteiger partial charge is 0.263 e. The van der Waals surface area contributed by atoms with Gasteiger partial charge in [0.05, 0.1) is 11.0 Å². The Bertz CT molecular complexity index is 834. The summed E-state index contributed by atoms with van der Waals surface area (Å²) in [6, 6.07) is 8.05. The van der Waals surface area contributed by atoms with E-state index in [1.165, 1.54) is 43.4 Å². The lowest BCUT2D eigenvalue weighted by molar-refractivity contribution is 0.0956. The van der Waals surface area contributed by atoms with Crippen LogP contribution >= 0.6 is 11.3 Å². The molecule has 1 amide bonds. The van der Waals surface area contributed by atoms with Crippen LogP contribution in [0.2, 0.25) is 0 Å². The molecule has 0 bridgehead atoms. The second-order valence-corrected chi connectivity index (χ2v) is 7.24. The van der Waals surface area contributed by atoms with E-state index in [4.69, 9.17) is 0 Å². The molecule has 24 heavy (non-hydrogen) atoms. The predicted octanol–water partition coefficient (Wildman–Crippen LogP) is 4.95. The molecule has 0 fully saturated rings. The van der Waals surface area contributed by atoms with E-state index in [1.807, 2.05) is 31.2 Å². The molecule has 0 saturated carbocycles. The summed E-state index contributed by atoms with van der Waals surface area (Å²) in [5.41, 5.74) is 3.02. The summed E-state index contributed by atoms with van der Waals surface area (Å²) >= 11 is 1.47. The Balaban J connectivity index is 1.62. The lowest BCUT2D eigenvalue weighted by atomic mass is 10.1. The Morgan fingerprint density at radius 2 is 1.92 bits per heavy atom. The number of nitrogens with one attached hydrogen (secondary N) is 1. The zero-order chi connectivity index (χ0) is 16.9. The standard InChI is InChI=1S/C19H25N3OS/c1-3-4-5-6-7-10-13-20-18(23)17-14(2)22-16-12-9-8-11-15(16)21-19(22)24-17/h8-9,11-12H,3-7,10,13H2,1-2H3,(H,20,23). The Hall–Kier alpha value is -1.88. The van der Waals surface area contributed by atoms with E-state index in [2.05, 4.69) is 21.6 Å². The molecule has 0 radical (unpaired) electrons. The van der Waals surface area contributed by atoms with E-state index in [-0.39, 0.29) is 5.91 Å². The molecule has 1 aromatic carbocycles. The number of aromatic nitrogens is 2. The van der Waals surface area contributed by atoms with Gasteiger partial charge in [-0.25, -0.2) is 4.98 Å². The van der Waals surface area contributed by atoms with Gasteiger partial charge in [-0.1, -0.05) is 62.5 Å². The van der Waals surface area contributed by atoms with Gasteiger partial charge in [0.1, 0.15) is 4.88 Å². The van der Waals surface area contributed by atoms with Gasteiger partial charge in [-0.15, -0.1) is 0 Å². The molecule has 0 saturated heterocycles. The first kappa shape index (κ1) is 17.0. The molecule has 0 atom stereocenters. The molecule has 3 aromatic rings. The molecular weight excluding hydrogens is 318 g/mol. The Morgan fingerprint density at radius 3 is 2.75 bits per heavy atom. The van der Waals surface area contributed by atoms with Crippen LogP contribution in [-0.4, -0.2) is 21.8 Å². The molecule has 0 aliphatic rings. The molecule has 0 unspecified atom stereocenters. The number of hydrogen-bond donors (Lipinski definition) is 1. The van der Waals surface area contributed by atoms with E-state index in [0.717, 1.165) is 39.5 Å². The minimum Gasteiger partial charge on any atom is -0.351 e. The summed E-state index contributed by atoms with van der Waals surface area (Å²) < 4.78 is 2.08. The number of hydrogen-bond acceptors (Lipinski definition) is 3. The second kappa shape index (κ2) is 7.79. The predicted molar refractivity (Wildman–Crippen MR) is 101 cm³/mol. The fourth-order valence-corrected chi connectivity index (χ4v) is 4.12. The lowest BCUT2D eigenvalue weighted by Crippen LogP contribution is -2.24. The summed E-state index contributed by atoms with van der Waals surface area (Å²) in [4.78, 5) is 18.7. The number of aryl methyl sites for hydroxylation is 1. The van der Waals surface area contributed by atoms with Crippen LogP contribution in [0, 0.1) is 6.92 Å². The molecule has 5 heteroatoms. The highest BCUT2D eigenvalue weighted by atomic mass is 32.1. The van der Waals surface area contributed by atoms with Crippen LogP contribution in [0.15, 0.2) is 24.3 Å². The van der Waals surface area contributed by atoms with Gasteiger partial charge >= 0.3 is 0 Å². The number of fused-ring (bicyclic) bond motifs is 3. The first-order valence-corrected chi connectivity index (χ1v) is 9.68. The van der Waals surface area contributed by atoms with Crippen LogP contribution in [0.25, 0.3) is 16.0 Å². The number of imidazole rings is 1. The third kappa shape index (κ3) is 3.46. The average molecular weight is 343 g/mol. The van der Waals surface area contributed by atoms with Crippen molar-refractivity contribution in [1.82, 2.24) is 14.7 Å². The molecule has 3 rings (SSSR count). The third-order valence-electron chi connectivity index (χ3n) is 4.41. The quantitative estimate of drug-likeness (QED) is 0.588. The van der Waals surface area contributed by atoms with Crippen molar-refractivity contribution in [3.05, 3.63) is 34.8 Å². The van der Waals surface area contributed by atoms with Gasteiger partial charge in [0.2, 0.25) is 0 Å². The number of unbranched alkanes of at least 4 members (excludes halogenated alkanes) is 5. The van der Waals surface area contributed by atoms with Crippen LogP contribution in [0.4, 0.5) is 0 Å². The van der Waals surface area contributed by atoms with Crippen molar-refractivity contribution in [3.8, 4) is 0 Å². The van der Waals surface area contributed by atoms with E-state index in [9.17, 15) is 4.79 Å². The summed E-state index contributed by atoms with van der Waals surface area (Å²) in [7, 11) is 0. The highest BCUT2D eigenvalue weighted by molar-refractivity contribution is 7.19. The van der Waals surface area contributed by atoms with Crippen molar-refractivity contribution in [2.24, 2.45) is 0 Å². The van der Waals surface area contributed by atoms with Gasteiger partial charge in [0, 0.05) is 12.2 Å². The fraction of sp³-hybridized carbons (Fsp3) is 0.474. The summed E-state index contributed by atoms with van der Waals surface area (Å²) in [6.07, 6.45) is 7.40. The number of amides is 1. The van der Waals surface area contributed by atoms with E-state index >= 15 is 0 Å². The fourth-order valence-electron chi connectivity index (χ4n) is 3.06. The molecule has 0 aliphatic carbocycles. The van der Waals surface area contributed by atoms with E-state index in [0.29, 0.717) is 0 Å². The van der Waals surface area contributed by atoms with Crippen molar-refractivity contribution in [1.29, 1.82) is 0 Å². The highest BCUT2D eigenvalue weighted by Gasteiger charge is 2.18. The van der Waals surface area contributed by atoms with Gasteiger partial charge in [-0.3, -0.25) is 9.20 Å². The Labute approximate surface area is 146 Å². The minimum atomic E-state index is 0.0284. The van der Waals surface area contributed by atoms with Gasteiger partial charge in [0.25, 0.3) is 5.91 Å². The Morgan fingerprint density at radius 1 is 1.17 bits per heavy atom. The monoisotopic (exact) mass is 343 g/mol. The maximum absolute atomic E-state index is 12.5. The van der Waals surface area contributed by atoms with Crippen LogP contribution in [0.1, 0.15) is 60.8 Å². The molecular formula is C19H25N3OS. The summed E-state index contributed by atoms with van der Waals surface area (Å²) in [5.74, 6) is 0.0284. The van der Waals surface area contributed by atoms with Crippen LogP contribution in [-0.2, 0) is 0 Å². The average Bonchev–Trinajstić information content (AvgIpc) is 3.10. The van der Waals surface area contributed by atoms with Crippen LogP contribution < -0.4 is 5.32 Å². The molecule has 4 nitrogen and oxygen atoms in total. The molecule has 128 valence electrons. The largest absolute Gasteiger partial charge is 0.351 e. The normalized spacial score (nSPS) is 11.4. The van der Waals surface area contributed by atoms with Crippen LogP contribution in [0.3, 0.4) is 0 Å². The third-order valence-corrected chi connectivity index (χ3v) is 5.55. The maximum atomic E-state index is 12.5. The van der Waals surface area contributed by atoms with Crippen molar-refractivity contribution < 1.29 is 4.79 Å². The maximum Gasteiger partial charge on any atom is 0.263 e. The van der Waals surface area contributed by atoms with Gasteiger partial charge in [-0.2, -0.15) is 0 Å². The molecule has 1 N–H and O–H groups in total. The Kier molecular flexibility index (Phi) is 5.51. The first-order chi connectivity index (χ1) is 11.7. The van der Waals surface area contributed by atoms with Crippen molar-refractivity contribution in [3.63, 3.8) is 0 Å². The number of para-hydroxylation sites is 2. The molecule has 2 aromatic heterocycles. The number of thiazole rings is 1. The number of rotatable bonds is 8. The minimum absolute atomic E-state index is 0.0284. The highest BCUT2D eigenvalue weighted by Crippen LogP contribution is 2.27. The van der Waals surface area contributed by atoms with Crippen molar-refractivity contribution in [2.75, 3.05) is 6.54 Å². The molecule has 0 aliphatic heterocycles. The van der Waals surface area contributed by atoms with Crippen molar-refractivity contribution >= 4 is 33.2 Å². The number of carbonyl (C=O) groups is 1. The number of nitrogens with zero attached hydrogens (tertiary/aromatic N) is 2. The topological polar surface area (TPSA) is 46.4 Å². The molecule has 2 heterocycles. The number of carbonyl (C=O) groups excluding carboxylic acids is 1. The van der Waals surface area contributed by atoms with Crippen molar-refractivity contribution in [2.45, 2.75) is 52.4 Å². The summed E-state index contributed by atoms with van der Waals surface area (Å²) in [6.45, 7) is 4.98. The summed E-state index contributed by atoms with van der Waals surface area (Å²) in [5, 5.41) is 3.06. The molecule has 0 spiro atoms. The zero-order valence-corrected chi connectivity index (χ0v) is 15.3. The van der Waals surface area contributed by atoms with Gasteiger partial charge in [0.15, 0.2) is 4.96 Å². The van der Waals surface area contributed by atoms with Gasteiger partial charge < -0.3 is 5.32 Å². The first-order valence-electron chi connectivity index (χ1n) is 8.87. The zero-order valence-electron chi connectivity index (χ0n) is 14.5. The van der Waals surface area contributed by atoms with Crippen LogP contribution in [0.5, 0.6) is 0 Å². The van der Waals surface area contributed by atoms with Gasteiger partial charge in [-0.05, 0) is 25.5 Å². The second-order valence-electron chi connectivity index (χ2n) is 6.26. The SMILES string of the molecule is CCCCCCCCNC(=O)c1sc2nc3ccccc3n2c1C. The van der Waals surface area contributed by atoms with E-state index in [1.54, 1.807) is 0 Å².